The number of carbonyl (C=O) groups is 1. The topological polar surface area (TPSA) is 65.7 Å². The fraction of sp³-hybridized carbons (Fsp3) is 0.842. The molecule has 1 amide bonds. The minimum atomic E-state index is 0.295. The van der Waals surface area contributed by atoms with Gasteiger partial charge >= 0.3 is 0 Å². The molecule has 0 aliphatic carbocycles. The molecule has 0 spiro atoms. The molecule has 2 aliphatic heterocycles. The zero-order valence-corrected chi connectivity index (χ0v) is 16.3. The molecule has 2 saturated heterocycles. The Morgan fingerprint density at radius 2 is 1.92 bits per heavy atom. The van der Waals surface area contributed by atoms with Crippen LogP contribution in [0.4, 0.5) is 0 Å². The van der Waals surface area contributed by atoms with Gasteiger partial charge in [0.2, 0.25) is 11.8 Å². The number of nitrogens with zero attached hydrogens (tertiary/aromatic N) is 5. The summed E-state index contributed by atoms with van der Waals surface area (Å²) >= 11 is 0. The minimum Gasteiger partial charge on any atom is -0.339 e. The molecule has 7 heteroatoms. The van der Waals surface area contributed by atoms with Crippen molar-refractivity contribution >= 4 is 5.91 Å². The first kappa shape index (κ1) is 19.3. The highest BCUT2D eigenvalue weighted by molar-refractivity contribution is 5.78. The monoisotopic (exact) mass is 363 g/mol. The minimum absolute atomic E-state index is 0.295. The Morgan fingerprint density at radius 1 is 1.15 bits per heavy atom. The van der Waals surface area contributed by atoms with Crippen LogP contribution in [0, 0.1) is 0 Å². The molecule has 7 nitrogen and oxygen atoms in total. The first-order valence-electron chi connectivity index (χ1n) is 10.2. The molecule has 3 rings (SSSR count). The number of amides is 1. The maximum absolute atomic E-state index is 12.6. The Balaban J connectivity index is 1.40. The van der Waals surface area contributed by atoms with Crippen molar-refractivity contribution in [2.75, 3.05) is 39.3 Å². The van der Waals surface area contributed by atoms with Crippen molar-refractivity contribution in [2.45, 2.75) is 65.0 Å². The maximum Gasteiger partial charge on any atom is 0.240 e. The standard InChI is InChI=1S/C19H33N5O2/c1-3-4-8-17-20-18(26-21-17)14-22-10-12-23(13-11-22)15-19(25)24-9-6-5-7-16(24)2/h16H,3-15H2,1-2H3/t16-/m1/s1. The van der Waals surface area contributed by atoms with E-state index in [0.29, 0.717) is 30.9 Å². The van der Waals surface area contributed by atoms with E-state index in [-0.39, 0.29) is 0 Å². The molecule has 26 heavy (non-hydrogen) atoms. The van der Waals surface area contributed by atoms with Crippen LogP contribution in [0.15, 0.2) is 4.52 Å². The van der Waals surface area contributed by atoms with E-state index in [9.17, 15) is 4.79 Å². The molecule has 0 aromatic carbocycles. The van der Waals surface area contributed by atoms with Gasteiger partial charge in [0.05, 0.1) is 13.1 Å². The Morgan fingerprint density at radius 3 is 2.65 bits per heavy atom. The van der Waals surface area contributed by atoms with Crippen LogP contribution in [0.25, 0.3) is 0 Å². The molecule has 1 aromatic rings. The van der Waals surface area contributed by atoms with Gasteiger partial charge in [-0.25, -0.2) is 0 Å². The van der Waals surface area contributed by atoms with Gasteiger partial charge in [0.25, 0.3) is 0 Å². The number of hydrogen-bond acceptors (Lipinski definition) is 6. The molecule has 0 N–H and O–H groups in total. The van der Waals surface area contributed by atoms with Crippen molar-refractivity contribution in [1.29, 1.82) is 0 Å². The smallest absolute Gasteiger partial charge is 0.240 e. The highest BCUT2D eigenvalue weighted by Gasteiger charge is 2.26. The van der Waals surface area contributed by atoms with Crippen molar-refractivity contribution in [3.8, 4) is 0 Å². The molecule has 0 unspecified atom stereocenters. The van der Waals surface area contributed by atoms with E-state index in [2.05, 4.69) is 38.7 Å². The summed E-state index contributed by atoms with van der Waals surface area (Å²) in [5, 5.41) is 4.06. The normalized spacial score (nSPS) is 22.7. The van der Waals surface area contributed by atoms with Gasteiger partial charge in [-0.15, -0.1) is 0 Å². The lowest BCUT2D eigenvalue weighted by Gasteiger charge is -2.37. The van der Waals surface area contributed by atoms with Gasteiger partial charge in [0.1, 0.15) is 0 Å². The van der Waals surface area contributed by atoms with Gasteiger partial charge in [-0.3, -0.25) is 14.6 Å². The SMILES string of the molecule is CCCCc1noc(CN2CCN(CC(=O)N3CCCC[C@H]3C)CC2)n1. The van der Waals surface area contributed by atoms with Crippen LogP contribution in [0.1, 0.15) is 57.7 Å². The third-order valence-electron chi connectivity index (χ3n) is 5.57. The summed E-state index contributed by atoms with van der Waals surface area (Å²) in [5.74, 6) is 1.83. The van der Waals surface area contributed by atoms with Gasteiger partial charge < -0.3 is 9.42 Å². The van der Waals surface area contributed by atoms with Crippen LogP contribution >= 0.6 is 0 Å². The van der Waals surface area contributed by atoms with E-state index in [0.717, 1.165) is 70.7 Å². The van der Waals surface area contributed by atoms with Crippen LogP contribution in [-0.2, 0) is 17.8 Å². The fourth-order valence-corrected chi connectivity index (χ4v) is 3.84. The summed E-state index contributed by atoms with van der Waals surface area (Å²) in [5.41, 5.74) is 0. The maximum atomic E-state index is 12.6. The zero-order chi connectivity index (χ0) is 18.4. The Bertz CT molecular complexity index is 568. The van der Waals surface area contributed by atoms with Gasteiger partial charge in [-0.1, -0.05) is 18.5 Å². The molecular formula is C19H33N5O2. The lowest BCUT2D eigenvalue weighted by molar-refractivity contribution is -0.136. The molecule has 0 radical (unpaired) electrons. The third-order valence-corrected chi connectivity index (χ3v) is 5.57. The number of aryl methyl sites for hydroxylation is 1. The fourth-order valence-electron chi connectivity index (χ4n) is 3.84. The molecule has 3 heterocycles. The van der Waals surface area contributed by atoms with Gasteiger partial charge in [-0.05, 0) is 32.6 Å². The zero-order valence-electron chi connectivity index (χ0n) is 16.3. The van der Waals surface area contributed by atoms with E-state index in [1.54, 1.807) is 0 Å². The lowest BCUT2D eigenvalue weighted by atomic mass is 10.0. The molecular weight excluding hydrogens is 330 g/mol. The number of piperidine rings is 1. The number of likely N-dealkylation sites (tertiary alicyclic amines) is 1. The molecule has 0 saturated carbocycles. The number of carbonyl (C=O) groups excluding carboxylic acids is 1. The van der Waals surface area contributed by atoms with Crippen molar-refractivity contribution in [1.82, 2.24) is 24.8 Å². The highest BCUT2D eigenvalue weighted by Crippen LogP contribution is 2.17. The number of aromatic nitrogens is 2. The van der Waals surface area contributed by atoms with E-state index >= 15 is 0 Å². The largest absolute Gasteiger partial charge is 0.339 e. The predicted molar refractivity (Wildman–Crippen MR) is 99.7 cm³/mol. The van der Waals surface area contributed by atoms with Crippen LogP contribution < -0.4 is 0 Å². The van der Waals surface area contributed by atoms with Gasteiger partial charge in [-0.2, -0.15) is 4.98 Å². The molecule has 0 bridgehead atoms. The average Bonchev–Trinajstić information content (AvgIpc) is 3.09. The summed E-state index contributed by atoms with van der Waals surface area (Å²) in [4.78, 5) is 23.7. The van der Waals surface area contributed by atoms with Gasteiger partial charge in [0, 0.05) is 45.2 Å². The lowest BCUT2D eigenvalue weighted by Crippen LogP contribution is -2.51. The Kier molecular flexibility index (Phi) is 7.02. The number of rotatable bonds is 7. The second kappa shape index (κ2) is 9.46. The van der Waals surface area contributed by atoms with Crippen molar-refractivity contribution in [3.05, 3.63) is 11.7 Å². The number of hydrogen-bond donors (Lipinski definition) is 0. The van der Waals surface area contributed by atoms with Crippen LogP contribution in [-0.4, -0.2) is 76.1 Å². The summed E-state index contributed by atoms with van der Waals surface area (Å²) in [6.07, 6.45) is 6.67. The molecule has 1 aromatic heterocycles. The quantitative estimate of drug-likeness (QED) is 0.737. The number of piperazine rings is 1. The summed E-state index contributed by atoms with van der Waals surface area (Å²) in [7, 11) is 0. The second-order valence-corrected chi connectivity index (χ2v) is 7.69. The van der Waals surface area contributed by atoms with E-state index < -0.39 is 0 Å². The van der Waals surface area contributed by atoms with E-state index in [1.165, 1.54) is 6.42 Å². The van der Waals surface area contributed by atoms with Crippen LogP contribution in [0.3, 0.4) is 0 Å². The van der Waals surface area contributed by atoms with Crippen LogP contribution in [0.2, 0.25) is 0 Å². The third kappa shape index (κ3) is 5.27. The first-order chi connectivity index (χ1) is 12.7. The second-order valence-electron chi connectivity index (χ2n) is 7.69. The Labute approximate surface area is 156 Å². The van der Waals surface area contributed by atoms with Crippen LogP contribution in [0.5, 0.6) is 0 Å². The Hall–Kier alpha value is -1.47. The summed E-state index contributed by atoms with van der Waals surface area (Å²) in [6, 6.07) is 0.400. The van der Waals surface area contributed by atoms with E-state index in [4.69, 9.17) is 4.52 Å². The molecule has 2 fully saturated rings. The highest BCUT2D eigenvalue weighted by atomic mass is 16.5. The molecule has 2 aliphatic rings. The van der Waals surface area contributed by atoms with Gasteiger partial charge in [0.15, 0.2) is 5.82 Å². The van der Waals surface area contributed by atoms with E-state index in [1.807, 2.05) is 0 Å². The summed E-state index contributed by atoms with van der Waals surface area (Å²) in [6.45, 7) is 10.3. The predicted octanol–water partition coefficient (Wildman–Crippen LogP) is 1.93. The first-order valence-corrected chi connectivity index (χ1v) is 10.2. The molecule has 146 valence electrons. The van der Waals surface area contributed by atoms with Crippen molar-refractivity contribution < 1.29 is 9.32 Å². The number of unbranched alkanes of at least 4 members (excludes halogenated alkanes) is 1. The van der Waals surface area contributed by atoms with Crippen molar-refractivity contribution in [2.24, 2.45) is 0 Å². The van der Waals surface area contributed by atoms with Crippen molar-refractivity contribution in [3.63, 3.8) is 0 Å². The molecule has 1 atom stereocenters. The average molecular weight is 364 g/mol. The summed E-state index contributed by atoms with van der Waals surface area (Å²) < 4.78 is 5.37.